The van der Waals surface area contributed by atoms with Crippen LogP contribution in [-0.4, -0.2) is 26.3 Å². The van der Waals surface area contributed by atoms with E-state index in [1.807, 2.05) is 25.2 Å². The van der Waals surface area contributed by atoms with Gasteiger partial charge < -0.3 is 14.8 Å². The summed E-state index contributed by atoms with van der Waals surface area (Å²) >= 11 is 12.2. The molecule has 21 heavy (non-hydrogen) atoms. The van der Waals surface area contributed by atoms with E-state index in [0.29, 0.717) is 21.5 Å². The van der Waals surface area contributed by atoms with E-state index in [4.69, 9.17) is 32.7 Å². The summed E-state index contributed by atoms with van der Waals surface area (Å²) < 4.78 is 10.6. The molecule has 6 heteroatoms. The SMILES string of the molecule is CNC(c1ccc(OC)cc1OC)c1ncc(Cl)cc1Cl. The Kier molecular flexibility index (Phi) is 5.28. The smallest absolute Gasteiger partial charge is 0.127 e. The fourth-order valence-electron chi connectivity index (χ4n) is 2.13. The van der Waals surface area contributed by atoms with Crippen molar-refractivity contribution in [1.82, 2.24) is 10.3 Å². The van der Waals surface area contributed by atoms with Gasteiger partial charge in [-0.25, -0.2) is 0 Å². The maximum absolute atomic E-state index is 6.25. The van der Waals surface area contributed by atoms with E-state index >= 15 is 0 Å². The summed E-state index contributed by atoms with van der Waals surface area (Å²) in [5.41, 5.74) is 1.60. The number of rotatable bonds is 5. The molecule has 1 heterocycles. The lowest BCUT2D eigenvalue weighted by Gasteiger charge is -2.20. The molecule has 0 amide bonds. The number of halogens is 2. The van der Waals surface area contributed by atoms with Crippen molar-refractivity contribution in [1.29, 1.82) is 0 Å². The number of aromatic nitrogens is 1. The minimum Gasteiger partial charge on any atom is -0.497 e. The minimum absolute atomic E-state index is 0.212. The quantitative estimate of drug-likeness (QED) is 0.909. The molecule has 0 spiro atoms. The highest BCUT2D eigenvalue weighted by Crippen LogP contribution is 2.35. The van der Waals surface area contributed by atoms with Crippen LogP contribution in [0, 0.1) is 0 Å². The third kappa shape index (κ3) is 3.40. The molecule has 0 radical (unpaired) electrons. The first kappa shape index (κ1) is 15.9. The zero-order valence-corrected chi connectivity index (χ0v) is 13.5. The Morgan fingerprint density at radius 1 is 1.14 bits per heavy atom. The molecule has 1 unspecified atom stereocenters. The molecule has 1 aromatic carbocycles. The van der Waals surface area contributed by atoms with Gasteiger partial charge in [-0.15, -0.1) is 0 Å². The maximum atomic E-state index is 6.25. The minimum atomic E-state index is -0.212. The predicted octanol–water partition coefficient (Wildman–Crippen LogP) is 3.71. The molecule has 1 N–H and O–H groups in total. The van der Waals surface area contributed by atoms with Gasteiger partial charge in [0.05, 0.1) is 36.0 Å². The predicted molar refractivity (Wildman–Crippen MR) is 84.7 cm³/mol. The molecular formula is C15H16Cl2N2O2. The summed E-state index contributed by atoms with van der Waals surface area (Å²) in [7, 11) is 5.06. The fourth-order valence-corrected chi connectivity index (χ4v) is 2.62. The van der Waals surface area contributed by atoms with Crippen molar-refractivity contribution in [3.63, 3.8) is 0 Å². The van der Waals surface area contributed by atoms with Gasteiger partial charge in [-0.2, -0.15) is 0 Å². The summed E-state index contributed by atoms with van der Waals surface area (Å²) in [4.78, 5) is 4.33. The van der Waals surface area contributed by atoms with E-state index in [9.17, 15) is 0 Å². The molecule has 0 aliphatic carbocycles. The monoisotopic (exact) mass is 326 g/mol. The molecule has 2 aromatic rings. The van der Waals surface area contributed by atoms with E-state index in [0.717, 1.165) is 11.3 Å². The van der Waals surface area contributed by atoms with Crippen molar-refractivity contribution >= 4 is 23.2 Å². The second-order valence-corrected chi connectivity index (χ2v) is 5.19. The number of nitrogens with one attached hydrogen (secondary N) is 1. The van der Waals surface area contributed by atoms with Gasteiger partial charge in [-0.1, -0.05) is 23.2 Å². The van der Waals surface area contributed by atoms with Gasteiger partial charge in [0, 0.05) is 17.8 Å². The Labute approximate surface area is 134 Å². The van der Waals surface area contributed by atoms with Gasteiger partial charge >= 0.3 is 0 Å². The van der Waals surface area contributed by atoms with Crippen molar-refractivity contribution in [2.24, 2.45) is 0 Å². The number of nitrogens with zero attached hydrogens (tertiary/aromatic N) is 1. The van der Waals surface area contributed by atoms with Crippen LogP contribution in [0.1, 0.15) is 17.3 Å². The molecule has 0 aliphatic rings. The molecule has 112 valence electrons. The van der Waals surface area contributed by atoms with Crippen LogP contribution in [0.4, 0.5) is 0 Å². The number of hydrogen-bond donors (Lipinski definition) is 1. The fraction of sp³-hybridized carbons (Fsp3) is 0.267. The third-order valence-electron chi connectivity index (χ3n) is 3.15. The number of ether oxygens (including phenoxy) is 2. The van der Waals surface area contributed by atoms with Crippen LogP contribution >= 0.6 is 23.2 Å². The number of methoxy groups -OCH3 is 2. The molecule has 1 aromatic heterocycles. The third-order valence-corrected chi connectivity index (χ3v) is 3.66. The molecule has 0 saturated carbocycles. The lowest BCUT2D eigenvalue weighted by molar-refractivity contribution is 0.388. The highest BCUT2D eigenvalue weighted by Gasteiger charge is 2.21. The molecule has 4 nitrogen and oxygen atoms in total. The molecule has 0 aliphatic heterocycles. The largest absolute Gasteiger partial charge is 0.497 e. The van der Waals surface area contributed by atoms with Crippen LogP contribution < -0.4 is 14.8 Å². The molecule has 1 atom stereocenters. The number of pyridine rings is 1. The first-order chi connectivity index (χ1) is 10.1. The zero-order valence-electron chi connectivity index (χ0n) is 12.0. The molecule has 0 fully saturated rings. The molecule has 0 saturated heterocycles. The standard InChI is InChI=1S/C15H16Cl2N2O2/c1-18-14(15-12(17)6-9(16)8-19-15)11-5-4-10(20-2)7-13(11)21-3/h4-8,14,18H,1-3H3. The van der Waals surface area contributed by atoms with Gasteiger partial charge in [0.2, 0.25) is 0 Å². The first-order valence-electron chi connectivity index (χ1n) is 6.30. The molecule has 2 rings (SSSR count). The second kappa shape index (κ2) is 6.98. The van der Waals surface area contributed by atoms with E-state index in [1.54, 1.807) is 26.5 Å². The topological polar surface area (TPSA) is 43.4 Å². The van der Waals surface area contributed by atoms with Crippen molar-refractivity contribution in [2.45, 2.75) is 6.04 Å². The highest BCUT2D eigenvalue weighted by molar-refractivity contribution is 6.34. The normalized spacial score (nSPS) is 12.0. The summed E-state index contributed by atoms with van der Waals surface area (Å²) in [6.07, 6.45) is 1.57. The Hall–Kier alpha value is -1.49. The Balaban J connectivity index is 2.50. The lowest BCUT2D eigenvalue weighted by atomic mass is 10.0. The summed E-state index contributed by atoms with van der Waals surface area (Å²) in [5, 5.41) is 4.20. The highest BCUT2D eigenvalue weighted by atomic mass is 35.5. The molecular weight excluding hydrogens is 311 g/mol. The Bertz CT molecular complexity index is 635. The van der Waals surface area contributed by atoms with Gasteiger partial charge in [-0.05, 0) is 25.2 Å². The van der Waals surface area contributed by atoms with E-state index in [1.165, 1.54) is 0 Å². The number of hydrogen-bond acceptors (Lipinski definition) is 4. The van der Waals surface area contributed by atoms with Gasteiger partial charge in [0.25, 0.3) is 0 Å². The second-order valence-electron chi connectivity index (χ2n) is 4.35. The van der Waals surface area contributed by atoms with Crippen LogP contribution in [0.15, 0.2) is 30.5 Å². The van der Waals surface area contributed by atoms with Crippen molar-refractivity contribution < 1.29 is 9.47 Å². The van der Waals surface area contributed by atoms with E-state index in [2.05, 4.69) is 10.3 Å². The van der Waals surface area contributed by atoms with Gasteiger partial charge in [0.1, 0.15) is 11.5 Å². The van der Waals surface area contributed by atoms with Gasteiger partial charge in [-0.3, -0.25) is 4.98 Å². The first-order valence-corrected chi connectivity index (χ1v) is 7.06. The van der Waals surface area contributed by atoms with Crippen LogP contribution in [0.3, 0.4) is 0 Å². The number of benzene rings is 1. The summed E-state index contributed by atoms with van der Waals surface area (Å²) in [6.45, 7) is 0. The van der Waals surface area contributed by atoms with Crippen molar-refractivity contribution in [2.75, 3.05) is 21.3 Å². The average molecular weight is 327 g/mol. The summed E-state index contributed by atoms with van der Waals surface area (Å²) in [6, 6.07) is 7.07. The van der Waals surface area contributed by atoms with Crippen LogP contribution in [0.25, 0.3) is 0 Å². The van der Waals surface area contributed by atoms with Crippen molar-refractivity contribution in [3.05, 3.63) is 51.8 Å². The van der Waals surface area contributed by atoms with E-state index < -0.39 is 0 Å². The maximum Gasteiger partial charge on any atom is 0.127 e. The summed E-state index contributed by atoms with van der Waals surface area (Å²) in [5.74, 6) is 1.42. The average Bonchev–Trinajstić information content (AvgIpc) is 2.50. The molecule has 0 bridgehead atoms. The zero-order chi connectivity index (χ0) is 15.4. The lowest BCUT2D eigenvalue weighted by Crippen LogP contribution is -2.20. The van der Waals surface area contributed by atoms with Crippen LogP contribution in [0.5, 0.6) is 11.5 Å². The Morgan fingerprint density at radius 2 is 1.90 bits per heavy atom. The van der Waals surface area contributed by atoms with Crippen LogP contribution in [-0.2, 0) is 0 Å². The van der Waals surface area contributed by atoms with E-state index in [-0.39, 0.29) is 6.04 Å². The van der Waals surface area contributed by atoms with Crippen molar-refractivity contribution in [3.8, 4) is 11.5 Å². The van der Waals surface area contributed by atoms with Gasteiger partial charge in [0.15, 0.2) is 0 Å². The van der Waals surface area contributed by atoms with Crippen LogP contribution in [0.2, 0.25) is 10.0 Å². The Morgan fingerprint density at radius 3 is 2.48 bits per heavy atom.